The van der Waals surface area contributed by atoms with Gasteiger partial charge in [0.15, 0.2) is 4.80 Å². The fourth-order valence-electron chi connectivity index (χ4n) is 2.53. The van der Waals surface area contributed by atoms with Crippen LogP contribution in [0, 0.1) is 13.8 Å². The Labute approximate surface area is 138 Å². The highest BCUT2D eigenvalue weighted by atomic mass is 32.1. The first-order chi connectivity index (χ1) is 10.9. The van der Waals surface area contributed by atoms with Crippen molar-refractivity contribution in [1.29, 1.82) is 0 Å². The standard InChI is InChI=1S/C17H20N4OS/c1-10(2)21-13(6-7-18-21)16(22)19-17-20(5)14-8-11(3)12(4)9-15(14)23-17/h6-10H,1-5H3. The number of amides is 1. The van der Waals surface area contributed by atoms with Crippen molar-refractivity contribution >= 4 is 27.5 Å². The van der Waals surface area contributed by atoms with Gasteiger partial charge in [0.25, 0.3) is 5.91 Å². The minimum Gasteiger partial charge on any atom is -0.319 e. The van der Waals surface area contributed by atoms with Crippen LogP contribution in [0.4, 0.5) is 0 Å². The van der Waals surface area contributed by atoms with Gasteiger partial charge in [-0.25, -0.2) is 0 Å². The molecule has 0 aliphatic carbocycles. The molecule has 0 spiro atoms. The summed E-state index contributed by atoms with van der Waals surface area (Å²) in [6, 6.07) is 6.13. The lowest BCUT2D eigenvalue weighted by Gasteiger charge is -2.07. The number of aryl methyl sites for hydroxylation is 3. The normalized spacial score (nSPS) is 12.5. The molecule has 0 fully saturated rings. The maximum Gasteiger partial charge on any atom is 0.297 e. The van der Waals surface area contributed by atoms with E-state index in [2.05, 4.69) is 36.1 Å². The zero-order valence-corrected chi connectivity index (χ0v) is 14.8. The highest BCUT2D eigenvalue weighted by Crippen LogP contribution is 2.21. The monoisotopic (exact) mass is 328 g/mol. The van der Waals surface area contributed by atoms with Crippen LogP contribution < -0.4 is 4.80 Å². The summed E-state index contributed by atoms with van der Waals surface area (Å²) in [5, 5.41) is 4.20. The van der Waals surface area contributed by atoms with Crippen LogP contribution in [0.2, 0.25) is 0 Å². The Hall–Kier alpha value is -2.21. The average molecular weight is 328 g/mol. The Bertz CT molecular complexity index is 959. The minimum absolute atomic E-state index is 0.126. The van der Waals surface area contributed by atoms with Gasteiger partial charge in [-0.2, -0.15) is 10.1 Å². The van der Waals surface area contributed by atoms with Crippen LogP contribution in [0.3, 0.4) is 0 Å². The van der Waals surface area contributed by atoms with Crippen LogP contribution in [0.5, 0.6) is 0 Å². The molecule has 120 valence electrons. The van der Waals surface area contributed by atoms with E-state index in [1.54, 1.807) is 16.9 Å². The van der Waals surface area contributed by atoms with Crippen LogP contribution in [0.25, 0.3) is 10.2 Å². The summed E-state index contributed by atoms with van der Waals surface area (Å²) in [7, 11) is 1.94. The Morgan fingerprint density at radius 3 is 2.65 bits per heavy atom. The molecule has 0 aliphatic heterocycles. The summed E-state index contributed by atoms with van der Waals surface area (Å²) in [5.74, 6) is -0.258. The number of carbonyl (C=O) groups excluding carboxylic acids is 1. The molecule has 1 aromatic carbocycles. The largest absolute Gasteiger partial charge is 0.319 e. The summed E-state index contributed by atoms with van der Waals surface area (Å²) >= 11 is 1.53. The van der Waals surface area contributed by atoms with Gasteiger partial charge < -0.3 is 4.57 Å². The number of benzene rings is 1. The molecule has 0 N–H and O–H groups in total. The van der Waals surface area contributed by atoms with E-state index < -0.39 is 0 Å². The second-order valence-electron chi connectivity index (χ2n) is 6.02. The lowest BCUT2D eigenvalue weighted by atomic mass is 10.1. The molecular formula is C17H20N4OS. The first-order valence-corrected chi connectivity index (χ1v) is 8.39. The Morgan fingerprint density at radius 1 is 1.26 bits per heavy atom. The molecule has 2 heterocycles. The molecule has 0 bridgehead atoms. The van der Waals surface area contributed by atoms with Crippen LogP contribution >= 0.6 is 11.3 Å². The Kier molecular flexibility index (Phi) is 3.93. The second kappa shape index (κ2) is 5.77. The highest BCUT2D eigenvalue weighted by molar-refractivity contribution is 7.16. The van der Waals surface area contributed by atoms with Gasteiger partial charge >= 0.3 is 0 Å². The van der Waals surface area contributed by atoms with Gasteiger partial charge in [0.1, 0.15) is 5.69 Å². The molecule has 0 radical (unpaired) electrons. The van der Waals surface area contributed by atoms with Crippen LogP contribution in [0.15, 0.2) is 29.4 Å². The zero-order valence-electron chi connectivity index (χ0n) is 14.0. The molecule has 0 unspecified atom stereocenters. The molecule has 1 amide bonds. The van der Waals surface area contributed by atoms with Crippen molar-refractivity contribution in [3.05, 3.63) is 46.0 Å². The van der Waals surface area contributed by atoms with Crippen LogP contribution in [0.1, 0.15) is 41.5 Å². The number of rotatable bonds is 2. The highest BCUT2D eigenvalue weighted by Gasteiger charge is 2.14. The molecule has 3 aromatic rings. The predicted molar refractivity (Wildman–Crippen MR) is 92.8 cm³/mol. The number of thiazole rings is 1. The summed E-state index contributed by atoms with van der Waals surface area (Å²) < 4.78 is 4.81. The van der Waals surface area contributed by atoms with Crippen molar-refractivity contribution in [2.75, 3.05) is 0 Å². The smallest absolute Gasteiger partial charge is 0.297 e. The van der Waals surface area contributed by atoms with Gasteiger partial charge in [-0.05, 0) is 57.0 Å². The van der Waals surface area contributed by atoms with Crippen molar-refractivity contribution in [2.45, 2.75) is 33.7 Å². The van der Waals surface area contributed by atoms with Crippen molar-refractivity contribution in [2.24, 2.45) is 12.0 Å². The van der Waals surface area contributed by atoms with Crippen LogP contribution in [-0.2, 0) is 7.05 Å². The second-order valence-corrected chi connectivity index (χ2v) is 7.03. The first-order valence-electron chi connectivity index (χ1n) is 7.58. The Balaban J connectivity index is 2.12. The first kappa shape index (κ1) is 15.7. The van der Waals surface area contributed by atoms with E-state index in [0.717, 1.165) is 10.2 Å². The average Bonchev–Trinajstić information content (AvgIpc) is 3.08. The molecule has 0 aliphatic rings. The lowest BCUT2D eigenvalue weighted by molar-refractivity contribution is 0.0986. The molecule has 0 saturated heterocycles. The van der Waals surface area contributed by atoms with Crippen LogP contribution in [-0.4, -0.2) is 20.3 Å². The third kappa shape index (κ3) is 2.74. The third-order valence-corrected chi connectivity index (χ3v) is 5.10. The topological polar surface area (TPSA) is 52.2 Å². The number of hydrogen-bond donors (Lipinski definition) is 0. The van der Waals surface area contributed by atoms with E-state index in [4.69, 9.17) is 0 Å². The molecule has 0 saturated carbocycles. The number of nitrogens with zero attached hydrogens (tertiary/aromatic N) is 4. The zero-order chi connectivity index (χ0) is 16.7. The van der Waals surface area contributed by atoms with Crippen molar-refractivity contribution in [1.82, 2.24) is 14.3 Å². The minimum atomic E-state index is -0.258. The van der Waals surface area contributed by atoms with E-state index in [-0.39, 0.29) is 11.9 Å². The van der Waals surface area contributed by atoms with Gasteiger partial charge in [0, 0.05) is 19.3 Å². The summed E-state index contributed by atoms with van der Waals surface area (Å²) in [4.78, 5) is 17.6. The third-order valence-electron chi connectivity index (χ3n) is 4.00. The summed E-state index contributed by atoms with van der Waals surface area (Å²) in [6.45, 7) is 8.18. The van der Waals surface area contributed by atoms with Gasteiger partial charge in [-0.15, -0.1) is 0 Å². The number of fused-ring (bicyclic) bond motifs is 1. The van der Waals surface area contributed by atoms with E-state index in [9.17, 15) is 4.79 Å². The van der Waals surface area contributed by atoms with Gasteiger partial charge in [-0.3, -0.25) is 9.48 Å². The number of aromatic nitrogens is 3. The molecule has 3 rings (SSSR count). The maximum absolute atomic E-state index is 12.5. The van der Waals surface area contributed by atoms with Crippen molar-refractivity contribution in [3.63, 3.8) is 0 Å². The van der Waals surface area contributed by atoms with Gasteiger partial charge in [0.05, 0.1) is 10.2 Å². The van der Waals surface area contributed by atoms with Gasteiger partial charge in [0.2, 0.25) is 0 Å². The van der Waals surface area contributed by atoms with E-state index in [1.165, 1.54) is 22.5 Å². The van der Waals surface area contributed by atoms with Gasteiger partial charge in [-0.1, -0.05) is 11.3 Å². The van der Waals surface area contributed by atoms with E-state index >= 15 is 0 Å². The fraction of sp³-hybridized carbons (Fsp3) is 0.353. The lowest BCUT2D eigenvalue weighted by Crippen LogP contribution is -2.16. The summed E-state index contributed by atoms with van der Waals surface area (Å²) in [6.07, 6.45) is 1.64. The SMILES string of the molecule is Cc1cc2sc(=NC(=O)c3ccnn3C(C)C)n(C)c2cc1C. The molecule has 6 heteroatoms. The van der Waals surface area contributed by atoms with Crippen molar-refractivity contribution < 1.29 is 4.79 Å². The molecular weight excluding hydrogens is 308 g/mol. The molecule has 5 nitrogen and oxygen atoms in total. The molecule has 0 atom stereocenters. The Morgan fingerprint density at radius 2 is 1.96 bits per heavy atom. The predicted octanol–water partition coefficient (Wildman–Crippen LogP) is 3.38. The van der Waals surface area contributed by atoms with Crippen molar-refractivity contribution in [3.8, 4) is 0 Å². The summed E-state index contributed by atoms with van der Waals surface area (Å²) in [5.41, 5.74) is 4.10. The quantitative estimate of drug-likeness (QED) is 0.724. The fourth-order valence-corrected chi connectivity index (χ4v) is 3.62. The van der Waals surface area contributed by atoms with E-state index in [0.29, 0.717) is 10.5 Å². The van der Waals surface area contributed by atoms with E-state index in [1.807, 2.05) is 25.5 Å². The molecule has 23 heavy (non-hydrogen) atoms. The number of hydrogen-bond acceptors (Lipinski definition) is 3. The number of carbonyl (C=O) groups is 1. The molecule has 2 aromatic heterocycles. The maximum atomic E-state index is 12.5.